The normalized spacial score (nSPS) is 13.0. The number of nitrogens with zero attached hydrogens (tertiary/aromatic N) is 1. The molecule has 2 atom stereocenters. The maximum absolute atomic E-state index is 12.5. The van der Waals surface area contributed by atoms with Gasteiger partial charge in [0.2, 0.25) is 0 Å². The van der Waals surface area contributed by atoms with E-state index in [9.17, 15) is 19.1 Å². The zero-order valence-corrected chi connectivity index (χ0v) is 14.9. The Balaban J connectivity index is 2.24. The highest BCUT2D eigenvalue weighted by molar-refractivity contribution is 7.84. The van der Waals surface area contributed by atoms with Crippen LogP contribution in [-0.4, -0.2) is 33.0 Å². The van der Waals surface area contributed by atoms with Crippen molar-refractivity contribution < 1.29 is 13.9 Å². The van der Waals surface area contributed by atoms with Crippen molar-refractivity contribution in [2.75, 3.05) is 17.3 Å². The topological polar surface area (TPSA) is 89.3 Å². The minimum absolute atomic E-state index is 0.0710. The molecule has 1 N–H and O–H groups in total. The van der Waals surface area contributed by atoms with Crippen LogP contribution in [0.2, 0.25) is 0 Å². The van der Waals surface area contributed by atoms with Gasteiger partial charge < -0.3 is 5.32 Å². The van der Waals surface area contributed by atoms with Gasteiger partial charge in [0.15, 0.2) is 5.78 Å². The summed E-state index contributed by atoms with van der Waals surface area (Å²) >= 11 is 0. The molecule has 2 aromatic rings. The highest BCUT2D eigenvalue weighted by atomic mass is 32.2. The number of carbonyl (C=O) groups excluding carboxylic acids is 1. The lowest BCUT2D eigenvalue weighted by Crippen LogP contribution is -2.18. The van der Waals surface area contributed by atoms with Gasteiger partial charge in [-0.15, -0.1) is 0 Å². The van der Waals surface area contributed by atoms with Gasteiger partial charge in [0.1, 0.15) is 5.69 Å². The number of hydrogen-bond donors (Lipinski definition) is 1. The Labute approximate surface area is 148 Å². The second-order valence-electron chi connectivity index (χ2n) is 5.80. The number of nitrogens with one attached hydrogen (secondary N) is 1. The SMILES string of the molecule is CC(CCS(C)=O)Nc1ccc(C(=O)c2ccccc2)cc1[N+](=O)[O-]. The van der Waals surface area contributed by atoms with Crippen LogP contribution in [0.3, 0.4) is 0 Å². The third kappa shape index (κ3) is 5.22. The molecule has 0 aliphatic heterocycles. The van der Waals surface area contributed by atoms with E-state index in [1.807, 2.05) is 6.92 Å². The predicted octanol–water partition coefficient (Wildman–Crippen LogP) is 3.39. The predicted molar refractivity (Wildman–Crippen MR) is 99.6 cm³/mol. The summed E-state index contributed by atoms with van der Waals surface area (Å²) in [6.45, 7) is 1.87. The Morgan fingerprint density at radius 2 is 1.88 bits per heavy atom. The van der Waals surface area contributed by atoms with Crippen LogP contribution >= 0.6 is 0 Å². The minimum atomic E-state index is -0.908. The zero-order chi connectivity index (χ0) is 18.4. The van der Waals surface area contributed by atoms with Gasteiger partial charge in [0.25, 0.3) is 5.69 Å². The highest BCUT2D eigenvalue weighted by Gasteiger charge is 2.19. The Bertz CT molecular complexity index is 793. The Kier molecular flexibility index (Phi) is 6.41. The van der Waals surface area contributed by atoms with Crippen molar-refractivity contribution in [3.8, 4) is 0 Å². The summed E-state index contributed by atoms with van der Waals surface area (Å²) in [5.41, 5.74) is 0.956. The van der Waals surface area contributed by atoms with Crippen LogP contribution in [0.4, 0.5) is 11.4 Å². The first kappa shape index (κ1) is 18.8. The summed E-state index contributed by atoms with van der Waals surface area (Å²) < 4.78 is 11.2. The summed E-state index contributed by atoms with van der Waals surface area (Å²) in [6.07, 6.45) is 2.25. The number of nitro groups is 1. The molecule has 0 saturated heterocycles. The molecule has 0 aliphatic rings. The molecule has 0 radical (unpaired) electrons. The summed E-state index contributed by atoms with van der Waals surface area (Å²) in [4.78, 5) is 23.3. The fourth-order valence-electron chi connectivity index (χ4n) is 2.38. The minimum Gasteiger partial charge on any atom is -0.377 e. The lowest BCUT2D eigenvalue weighted by molar-refractivity contribution is -0.384. The van der Waals surface area contributed by atoms with Crippen LogP contribution in [-0.2, 0) is 10.8 Å². The maximum atomic E-state index is 12.5. The lowest BCUT2D eigenvalue weighted by Gasteiger charge is -2.15. The first-order valence-electron chi connectivity index (χ1n) is 7.83. The molecular formula is C18H20N2O4S. The van der Waals surface area contributed by atoms with Crippen LogP contribution < -0.4 is 5.32 Å². The summed E-state index contributed by atoms with van der Waals surface area (Å²) in [5.74, 6) is 0.261. The van der Waals surface area contributed by atoms with Crippen molar-refractivity contribution in [3.05, 3.63) is 69.8 Å². The largest absolute Gasteiger partial charge is 0.377 e. The average molecular weight is 360 g/mol. The number of carbonyl (C=O) groups is 1. The maximum Gasteiger partial charge on any atom is 0.293 e. The molecule has 6 nitrogen and oxygen atoms in total. The monoisotopic (exact) mass is 360 g/mol. The van der Waals surface area contributed by atoms with Gasteiger partial charge in [-0.1, -0.05) is 30.3 Å². The molecule has 2 aromatic carbocycles. The molecule has 7 heteroatoms. The van der Waals surface area contributed by atoms with Crippen molar-refractivity contribution in [1.29, 1.82) is 0 Å². The quantitative estimate of drug-likeness (QED) is 0.443. The fourth-order valence-corrected chi connectivity index (χ4v) is 3.07. The van der Waals surface area contributed by atoms with Gasteiger partial charge in [-0.3, -0.25) is 19.1 Å². The Hall–Kier alpha value is -2.54. The number of nitro benzene ring substituents is 1. The molecule has 0 aromatic heterocycles. The van der Waals surface area contributed by atoms with E-state index < -0.39 is 15.7 Å². The van der Waals surface area contributed by atoms with E-state index in [1.165, 1.54) is 6.07 Å². The standard InChI is InChI=1S/C18H20N2O4S/c1-13(10-11-25(2)24)19-16-9-8-15(12-17(16)20(22)23)18(21)14-6-4-3-5-7-14/h3-9,12-13,19H,10-11H2,1-2H3. The van der Waals surface area contributed by atoms with Gasteiger partial charge in [0.05, 0.1) is 4.92 Å². The number of rotatable bonds is 8. The third-order valence-electron chi connectivity index (χ3n) is 3.73. The molecule has 0 saturated carbocycles. The van der Waals surface area contributed by atoms with Crippen molar-refractivity contribution in [1.82, 2.24) is 0 Å². The van der Waals surface area contributed by atoms with E-state index in [1.54, 1.807) is 48.7 Å². The molecule has 0 aliphatic carbocycles. The summed E-state index contributed by atoms with van der Waals surface area (Å²) in [6, 6.07) is 13.0. The molecule has 0 fully saturated rings. The molecule has 0 heterocycles. The number of ketones is 1. The highest BCUT2D eigenvalue weighted by Crippen LogP contribution is 2.27. The van der Waals surface area contributed by atoms with Crippen molar-refractivity contribution in [2.24, 2.45) is 0 Å². The van der Waals surface area contributed by atoms with Crippen molar-refractivity contribution >= 4 is 28.0 Å². The van der Waals surface area contributed by atoms with Gasteiger partial charge in [-0.25, -0.2) is 0 Å². The molecular weight excluding hydrogens is 340 g/mol. The molecule has 0 spiro atoms. The summed E-state index contributed by atoms with van der Waals surface area (Å²) in [7, 11) is -0.908. The number of benzene rings is 2. The third-order valence-corrected chi connectivity index (χ3v) is 4.54. The van der Waals surface area contributed by atoms with Gasteiger partial charge >= 0.3 is 0 Å². The first-order chi connectivity index (χ1) is 11.9. The van der Waals surface area contributed by atoms with Crippen molar-refractivity contribution in [2.45, 2.75) is 19.4 Å². The average Bonchev–Trinajstić information content (AvgIpc) is 2.60. The van der Waals surface area contributed by atoms with E-state index >= 15 is 0 Å². The van der Waals surface area contributed by atoms with Crippen LogP contribution in [0, 0.1) is 10.1 Å². The van der Waals surface area contributed by atoms with Crippen LogP contribution in [0.25, 0.3) is 0 Å². The van der Waals surface area contributed by atoms with Gasteiger partial charge in [0, 0.05) is 46.0 Å². The Morgan fingerprint density at radius 3 is 2.48 bits per heavy atom. The molecule has 2 unspecified atom stereocenters. The smallest absolute Gasteiger partial charge is 0.293 e. The molecule has 25 heavy (non-hydrogen) atoms. The van der Waals surface area contributed by atoms with E-state index in [0.29, 0.717) is 23.4 Å². The van der Waals surface area contributed by atoms with Gasteiger partial charge in [-0.05, 0) is 25.5 Å². The Morgan fingerprint density at radius 1 is 1.20 bits per heavy atom. The lowest BCUT2D eigenvalue weighted by atomic mass is 10.0. The second kappa shape index (κ2) is 8.53. The summed E-state index contributed by atoms with van der Waals surface area (Å²) in [5, 5.41) is 14.5. The molecule has 132 valence electrons. The molecule has 2 rings (SSSR count). The fraction of sp³-hybridized carbons (Fsp3) is 0.278. The number of anilines is 1. The zero-order valence-electron chi connectivity index (χ0n) is 14.1. The van der Waals surface area contributed by atoms with Crippen LogP contribution in [0.1, 0.15) is 29.3 Å². The van der Waals surface area contributed by atoms with E-state index in [-0.39, 0.29) is 23.1 Å². The van der Waals surface area contributed by atoms with E-state index in [2.05, 4.69) is 5.32 Å². The van der Waals surface area contributed by atoms with Crippen LogP contribution in [0.15, 0.2) is 48.5 Å². The molecule has 0 bridgehead atoms. The van der Waals surface area contributed by atoms with Crippen molar-refractivity contribution in [3.63, 3.8) is 0 Å². The van der Waals surface area contributed by atoms with E-state index in [0.717, 1.165) is 0 Å². The molecule has 0 amide bonds. The number of hydrogen-bond acceptors (Lipinski definition) is 5. The van der Waals surface area contributed by atoms with E-state index in [4.69, 9.17) is 0 Å². The van der Waals surface area contributed by atoms with Crippen LogP contribution in [0.5, 0.6) is 0 Å². The van der Waals surface area contributed by atoms with Gasteiger partial charge in [-0.2, -0.15) is 0 Å². The first-order valence-corrected chi connectivity index (χ1v) is 9.56. The second-order valence-corrected chi connectivity index (χ2v) is 7.35.